The van der Waals surface area contributed by atoms with Gasteiger partial charge in [0.1, 0.15) is 11.8 Å². The molecule has 1 rings (SSSR count). The molecular weight excluding hydrogens is 262 g/mol. The summed E-state index contributed by atoms with van der Waals surface area (Å²) in [5.41, 5.74) is 0.312. The molecule has 0 radical (unpaired) electrons. The van der Waals surface area contributed by atoms with Crippen LogP contribution in [0.25, 0.3) is 0 Å². The number of benzene rings is 1. The Morgan fingerprint density at radius 3 is 2.60 bits per heavy atom. The molecule has 0 saturated heterocycles. The fourth-order valence-electron chi connectivity index (χ4n) is 1.61. The number of aliphatic hydroxyl groups is 1. The Bertz CT molecular complexity index is 472. The van der Waals surface area contributed by atoms with Crippen LogP contribution >= 0.6 is 0 Å². The first-order valence-electron chi connectivity index (χ1n) is 6.35. The summed E-state index contributed by atoms with van der Waals surface area (Å²) in [5, 5.41) is 20.1. The summed E-state index contributed by atoms with van der Waals surface area (Å²) in [5.74, 6) is -1.15. The summed E-state index contributed by atoms with van der Waals surface area (Å²) in [7, 11) is 0. The van der Waals surface area contributed by atoms with Crippen LogP contribution in [0.4, 0.5) is 0 Å². The zero-order chi connectivity index (χ0) is 15.1. The van der Waals surface area contributed by atoms with E-state index in [1.165, 1.54) is 0 Å². The smallest absolute Gasteiger partial charge is 0.326 e. The summed E-state index contributed by atoms with van der Waals surface area (Å²) in [6.45, 7) is 3.43. The summed E-state index contributed by atoms with van der Waals surface area (Å²) in [4.78, 5) is 22.9. The minimum Gasteiger partial charge on any atom is -0.491 e. The maximum Gasteiger partial charge on any atom is 0.326 e. The molecule has 3 N–H and O–H groups in total. The Morgan fingerprint density at radius 2 is 2.05 bits per heavy atom. The van der Waals surface area contributed by atoms with Gasteiger partial charge in [-0.3, -0.25) is 4.79 Å². The molecule has 1 aromatic rings. The average Bonchev–Trinajstić information content (AvgIpc) is 2.37. The van der Waals surface area contributed by atoms with Crippen molar-refractivity contribution in [3.8, 4) is 5.75 Å². The molecule has 0 bridgehead atoms. The van der Waals surface area contributed by atoms with Crippen LogP contribution in [0.5, 0.6) is 5.75 Å². The largest absolute Gasteiger partial charge is 0.491 e. The first kappa shape index (κ1) is 16.0. The van der Waals surface area contributed by atoms with Crippen LogP contribution in [0.2, 0.25) is 0 Å². The minimum absolute atomic E-state index is 0.0190. The minimum atomic E-state index is -1.18. The average molecular weight is 281 g/mol. The molecule has 0 spiro atoms. The van der Waals surface area contributed by atoms with Crippen LogP contribution in [0.1, 0.15) is 30.6 Å². The second-order valence-corrected chi connectivity index (χ2v) is 4.57. The topological polar surface area (TPSA) is 95.9 Å². The summed E-state index contributed by atoms with van der Waals surface area (Å²) in [6, 6.07) is 5.39. The summed E-state index contributed by atoms with van der Waals surface area (Å²) < 4.78 is 5.47. The summed E-state index contributed by atoms with van der Waals surface area (Å²) in [6.07, 6.45) is -0.0574. The standard InChI is InChI=1S/C14H19NO5/c1-9(2)20-11-5-3-4-10(8-11)13(17)15-12(6-7-16)14(18)19/h3-5,8-9,12,16H,6-7H2,1-2H3,(H,15,17)(H,18,19). The van der Waals surface area contributed by atoms with E-state index in [1.807, 2.05) is 13.8 Å². The van der Waals surface area contributed by atoms with Gasteiger partial charge in [-0.25, -0.2) is 4.79 Å². The highest BCUT2D eigenvalue weighted by Gasteiger charge is 2.20. The van der Waals surface area contributed by atoms with E-state index in [9.17, 15) is 9.59 Å². The SMILES string of the molecule is CC(C)Oc1cccc(C(=O)NC(CCO)C(=O)O)c1. The van der Waals surface area contributed by atoms with Crippen molar-refractivity contribution < 1.29 is 24.5 Å². The summed E-state index contributed by atoms with van der Waals surface area (Å²) >= 11 is 0. The number of aliphatic hydroxyl groups excluding tert-OH is 1. The molecule has 1 atom stereocenters. The van der Waals surface area contributed by atoms with E-state index in [2.05, 4.69) is 5.32 Å². The second-order valence-electron chi connectivity index (χ2n) is 4.57. The third kappa shape index (κ3) is 4.89. The quantitative estimate of drug-likeness (QED) is 0.694. The van der Waals surface area contributed by atoms with E-state index in [0.29, 0.717) is 11.3 Å². The molecule has 0 aliphatic carbocycles. The third-order valence-corrected chi connectivity index (χ3v) is 2.49. The molecular formula is C14H19NO5. The van der Waals surface area contributed by atoms with Gasteiger partial charge in [0.15, 0.2) is 0 Å². The molecule has 1 aromatic carbocycles. The van der Waals surface area contributed by atoms with Crippen molar-refractivity contribution in [1.82, 2.24) is 5.32 Å². The van der Waals surface area contributed by atoms with Gasteiger partial charge < -0.3 is 20.3 Å². The van der Waals surface area contributed by atoms with E-state index in [0.717, 1.165) is 0 Å². The number of carboxylic acid groups (broad SMARTS) is 1. The maximum atomic E-state index is 12.0. The van der Waals surface area contributed by atoms with Crippen molar-refractivity contribution in [2.45, 2.75) is 32.4 Å². The Hall–Kier alpha value is -2.08. The molecule has 6 nitrogen and oxygen atoms in total. The molecule has 0 aliphatic heterocycles. The number of carbonyl (C=O) groups excluding carboxylic acids is 1. The van der Waals surface area contributed by atoms with Crippen molar-refractivity contribution in [3.63, 3.8) is 0 Å². The lowest BCUT2D eigenvalue weighted by Crippen LogP contribution is -2.41. The van der Waals surface area contributed by atoms with E-state index >= 15 is 0 Å². The van der Waals surface area contributed by atoms with Crippen molar-refractivity contribution >= 4 is 11.9 Å². The Balaban J connectivity index is 2.78. The maximum absolute atomic E-state index is 12.0. The predicted molar refractivity (Wildman–Crippen MR) is 72.8 cm³/mol. The fourth-order valence-corrected chi connectivity index (χ4v) is 1.61. The number of carbonyl (C=O) groups is 2. The third-order valence-electron chi connectivity index (χ3n) is 2.49. The highest BCUT2D eigenvalue weighted by atomic mass is 16.5. The van der Waals surface area contributed by atoms with Gasteiger partial charge in [-0.15, -0.1) is 0 Å². The Labute approximate surface area is 117 Å². The van der Waals surface area contributed by atoms with Crippen molar-refractivity contribution in [2.24, 2.45) is 0 Å². The monoisotopic (exact) mass is 281 g/mol. The lowest BCUT2D eigenvalue weighted by Gasteiger charge is -2.14. The molecule has 1 amide bonds. The molecule has 110 valence electrons. The van der Waals surface area contributed by atoms with Crippen LogP contribution < -0.4 is 10.1 Å². The normalized spacial score (nSPS) is 12.0. The predicted octanol–water partition coefficient (Wildman–Crippen LogP) is 1.04. The molecule has 6 heteroatoms. The lowest BCUT2D eigenvalue weighted by atomic mass is 10.1. The van der Waals surface area contributed by atoms with Crippen molar-refractivity contribution in [1.29, 1.82) is 0 Å². The Kier molecular flexibility index (Phi) is 5.99. The van der Waals surface area contributed by atoms with Crippen LogP contribution in [0, 0.1) is 0 Å². The molecule has 0 heterocycles. The molecule has 1 unspecified atom stereocenters. The van der Waals surface area contributed by atoms with Gasteiger partial charge in [0, 0.05) is 18.6 Å². The van der Waals surface area contributed by atoms with Gasteiger partial charge in [-0.2, -0.15) is 0 Å². The molecule has 20 heavy (non-hydrogen) atoms. The molecule has 0 aromatic heterocycles. The molecule has 0 saturated carbocycles. The zero-order valence-corrected chi connectivity index (χ0v) is 11.5. The number of rotatable bonds is 7. The van der Waals surface area contributed by atoms with Crippen molar-refractivity contribution in [2.75, 3.05) is 6.61 Å². The van der Waals surface area contributed by atoms with Gasteiger partial charge in [0.05, 0.1) is 6.10 Å². The van der Waals surface area contributed by atoms with Gasteiger partial charge in [0.25, 0.3) is 5.91 Å². The number of hydrogen-bond donors (Lipinski definition) is 3. The number of hydrogen-bond acceptors (Lipinski definition) is 4. The number of nitrogens with one attached hydrogen (secondary N) is 1. The van der Waals surface area contributed by atoms with Crippen LogP contribution in [0.3, 0.4) is 0 Å². The van der Waals surface area contributed by atoms with Gasteiger partial charge in [-0.05, 0) is 32.0 Å². The zero-order valence-electron chi connectivity index (χ0n) is 11.5. The van der Waals surface area contributed by atoms with Crippen LogP contribution in [-0.2, 0) is 4.79 Å². The number of carboxylic acids is 1. The van der Waals surface area contributed by atoms with Gasteiger partial charge in [0.2, 0.25) is 0 Å². The van der Waals surface area contributed by atoms with E-state index in [1.54, 1.807) is 24.3 Å². The highest BCUT2D eigenvalue weighted by Crippen LogP contribution is 2.15. The second kappa shape index (κ2) is 7.49. The van der Waals surface area contributed by atoms with Gasteiger partial charge in [-0.1, -0.05) is 6.07 Å². The fraction of sp³-hybridized carbons (Fsp3) is 0.429. The first-order chi connectivity index (χ1) is 9.43. The molecule has 0 fully saturated rings. The number of aliphatic carboxylic acids is 1. The lowest BCUT2D eigenvalue weighted by molar-refractivity contribution is -0.139. The van der Waals surface area contributed by atoms with Crippen molar-refractivity contribution in [3.05, 3.63) is 29.8 Å². The van der Waals surface area contributed by atoms with Crippen LogP contribution in [-0.4, -0.2) is 40.8 Å². The first-order valence-corrected chi connectivity index (χ1v) is 6.35. The van der Waals surface area contributed by atoms with Crippen LogP contribution in [0.15, 0.2) is 24.3 Å². The van der Waals surface area contributed by atoms with E-state index in [-0.39, 0.29) is 19.1 Å². The number of amides is 1. The Morgan fingerprint density at radius 1 is 1.35 bits per heavy atom. The highest BCUT2D eigenvalue weighted by molar-refractivity contribution is 5.96. The molecule has 0 aliphatic rings. The van der Waals surface area contributed by atoms with E-state index in [4.69, 9.17) is 14.9 Å². The van der Waals surface area contributed by atoms with Gasteiger partial charge >= 0.3 is 5.97 Å². The number of ether oxygens (including phenoxy) is 1. The van der Waals surface area contributed by atoms with E-state index < -0.39 is 17.9 Å².